The Balaban J connectivity index is 1.52. The predicted molar refractivity (Wildman–Crippen MR) is 99.1 cm³/mol. The second-order valence-electron chi connectivity index (χ2n) is 5.97. The van der Waals surface area contributed by atoms with E-state index in [2.05, 4.69) is 34.2 Å². The largest absolute Gasteiger partial charge is 0.346 e. The molecule has 4 nitrogen and oxygen atoms in total. The molecule has 0 radical (unpaired) electrons. The first-order valence-electron chi connectivity index (χ1n) is 8.18. The van der Waals surface area contributed by atoms with Crippen LogP contribution < -0.4 is 0 Å². The van der Waals surface area contributed by atoms with Crippen molar-refractivity contribution >= 4 is 28.7 Å². The molecule has 0 saturated carbocycles. The minimum absolute atomic E-state index is 0.236. The SMILES string of the molecule is O=C(Cc1ccc(-c2ccnc3[nH]ccc23)cc1)N1CCSCC1. The molecule has 1 fully saturated rings. The van der Waals surface area contributed by atoms with Gasteiger partial charge >= 0.3 is 0 Å². The van der Waals surface area contributed by atoms with Gasteiger partial charge in [0.05, 0.1) is 6.42 Å². The quantitative estimate of drug-likeness (QED) is 0.797. The number of carbonyl (C=O) groups is 1. The molecule has 0 unspecified atom stereocenters. The number of hydrogen-bond acceptors (Lipinski definition) is 3. The molecule has 0 spiro atoms. The number of nitrogens with one attached hydrogen (secondary N) is 1. The normalized spacial score (nSPS) is 14.9. The molecule has 0 atom stereocenters. The van der Waals surface area contributed by atoms with E-state index in [-0.39, 0.29) is 5.91 Å². The number of benzene rings is 1. The minimum atomic E-state index is 0.236. The Morgan fingerprint density at radius 3 is 2.71 bits per heavy atom. The van der Waals surface area contributed by atoms with Crippen molar-refractivity contribution in [2.75, 3.05) is 24.6 Å². The van der Waals surface area contributed by atoms with Crippen LogP contribution in [-0.2, 0) is 11.2 Å². The van der Waals surface area contributed by atoms with Crippen LogP contribution in [0.2, 0.25) is 0 Å². The van der Waals surface area contributed by atoms with Gasteiger partial charge in [-0.1, -0.05) is 24.3 Å². The summed E-state index contributed by atoms with van der Waals surface area (Å²) in [5, 5.41) is 1.12. The molecule has 1 aromatic carbocycles. The zero-order valence-electron chi connectivity index (χ0n) is 13.4. The molecule has 1 aliphatic heterocycles. The van der Waals surface area contributed by atoms with Crippen molar-refractivity contribution in [3.63, 3.8) is 0 Å². The number of H-pyrrole nitrogens is 1. The molecule has 1 amide bonds. The summed E-state index contributed by atoms with van der Waals surface area (Å²) < 4.78 is 0. The Morgan fingerprint density at radius 2 is 1.92 bits per heavy atom. The fourth-order valence-corrected chi connectivity index (χ4v) is 4.02. The van der Waals surface area contributed by atoms with E-state index in [0.29, 0.717) is 6.42 Å². The molecule has 1 saturated heterocycles. The van der Waals surface area contributed by atoms with Gasteiger partial charge in [0.2, 0.25) is 5.91 Å². The predicted octanol–water partition coefficient (Wildman–Crippen LogP) is 3.35. The number of nitrogens with zero attached hydrogens (tertiary/aromatic N) is 2. The van der Waals surface area contributed by atoms with Gasteiger partial charge in [-0.15, -0.1) is 0 Å². The lowest BCUT2D eigenvalue weighted by Crippen LogP contribution is -2.38. The van der Waals surface area contributed by atoms with Gasteiger partial charge in [0, 0.05) is 42.4 Å². The van der Waals surface area contributed by atoms with Crippen LogP contribution in [0.25, 0.3) is 22.2 Å². The lowest BCUT2D eigenvalue weighted by atomic mass is 10.0. The number of thioether (sulfide) groups is 1. The lowest BCUT2D eigenvalue weighted by Gasteiger charge is -2.26. The van der Waals surface area contributed by atoms with Crippen molar-refractivity contribution in [2.45, 2.75) is 6.42 Å². The number of rotatable bonds is 3. The molecule has 4 rings (SSSR count). The summed E-state index contributed by atoms with van der Waals surface area (Å²) in [4.78, 5) is 21.8. The molecule has 122 valence electrons. The van der Waals surface area contributed by atoms with E-state index in [0.717, 1.165) is 52.3 Å². The summed E-state index contributed by atoms with van der Waals surface area (Å²) in [6.07, 6.45) is 4.21. The molecule has 1 N–H and O–H groups in total. The second kappa shape index (κ2) is 6.69. The summed E-state index contributed by atoms with van der Waals surface area (Å²) in [6, 6.07) is 12.4. The molecule has 3 aromatic rings. The Hall–Kier alpha value is -2.27. The molecular weight excluding hydrogens is 318 g/mol. The van der Waals surface area contributed by atoms with Crippen LogP contribution in [0.5, 0.6) is 0 Å². The topological polar surface area (TPSA) is 49.0 Å². The Labute approximate surface area is 145 Å². The van der Waals surface area contributed by atoms with Gasteiger partial charge in [0.1, 0.15) is 5.65 Å². The van der Waals surface area contributed by atoms with Crippen LogP contribution in [-0.4, -0.2) is 45.4 Å². The van der Waals surface area contributed by atoms with Crippen LogP contribution in [0.3, 0.4) is 0 Å². The monoisotopic (exact) mass is 337 g/mol. The van der Waals surface area contributed by atoms with Crippen LogP contribution in [0.15, 0.2) is 48.8 Å². The Kier molecular flexibility index (Phi) is 4.26. The Bertz CT molecular complexity index is 850. The highest BCUT2D eigenvalue weighted by atomic mass is 32.2. The average molecular weight is 337 g/mol. The molecule has 3 heterocycles. The summed E-state index contributed by atoms with van der Waals surface area (Å²) in [5.41, 5.74) is 4.27. The van der Waals surface area contributed by atoms with Gasteiger partial charge in [-0.25, -0.2) is 4.98 Å². The van der Waals surface area contributed by atoms with E-state index in [1.54, 1.807) is 0 Å². The maximum Gasteiger partial charge on any atom is 0.227 e. The first-order chi connectivity index (χ1) is 11.8. The molecule has 24 heavy (non-hydrogen) atoms. The zero-order chi connectivity index (χ0) is 16.4. The van der Waals surface area contributed by atoms with Crippen LogP contribution >= 0.6 is 11.8 Å². The number of carbonyl (C=O) groups excluding carboxylic acids is 1. The van der Waals surface area contributed by atoms with Crippen molar-refractivity contribution < 1.29 is 4.79 Å². The van der Waals surface area contributed by atoms with E-state index >= 15 is 0 Å². The molecule has 0 bridgehead atoms. The third-order valence-electron chi connectivity index (χ3n) is 4.44. The lowest BCUT2D eigenvalue weighted by molar-refractivity contribution is -0.130. The van der Waals surface area contributed by atoms with Gasteiger partial charge in [-0.2, -0.15) is 11.8 Å². The van der Waals surface area contributed by atoms with Crippen molar-refractivity contribution in [1.29, 1.82) is 0 Å². The number of amides is 1. The van der Waals surface area contributed by atoms with E-state index in [9.17, 15) is 4.79 Å². The van der Waals surface area contributed by atoms with E-state index in [1.807, 2.05) is 41.2 Å². The number of aromatic nitrogens is 2. The molecule has 1 aliphatic rings. The highest BCUT2D eigenvalue weighted by Gasteiger charge is 2.16. The summed E-state index contributed by atoms with van der Waals surface area (Å²) >= 11 is 1.92. The third-order valence-corrected chi connectivity index (χ3v) is 5.39. The highest BCUT2D eigenvalue weighted by Crippen LogP contribution is 2.27. The molecule has 0 aliphatic carbocycles. The fraction of sp³-hybridized carbons (Fsp3) is 0.263. The minimum Gasteiger partial charge on any atom is -0.346 e. The molecule has 5 heteroatoms. The standard InChI is InChI=1S/C19H19N3OS/c23-18(22-9-11-24-12-10-22)13-14-1-3-15(4-2-14)16-5-7-20-19-17(16)6-8-21-19/h1-8H,9-13H2,(H,20,21). The summed E-state index contributed by atoms with van der Waals surface area (Å²) in [5.74, 6) is 2.35. The highest BCUT2D eigenvalue weighted by molar-refractivity contribution is 7.99. The van der Waals surface area contributed by atoms with Gasteiger partial charge in [-0.3, -0.25) is 4.79 Å². The van der Waals surface area contributed by atoms with Gasteiger partial charge in [0.15, 0.2) is 0 Å². The number of fused-ring (bicyclic) bond motifs is 1. The van der Waals surface area contributed by atoms with Gasteiger partial charge in [-0.05, 0) is 28.8 Å². The van der Waals surface area contributed by atoms with Crippen molar-refractivity contribution in [3.05, 3.63) is 54.4 Å². The zero-order valence-corrected chi connectivity index (χ0v) is 14.2. The molecular formula is C19H19N3OS. The first kappa shape index (κ1) is 15.3. The summed E-state index contributed by atoms with van der Waals surface area (Å²) in [7, 11) is 0. The third kappa shape index (κ3) is 3.04. The smallest absolute Gasteiger partial charge is 0.227 e. The number of aromatic amines is 1. The first-order valence-corrected chi connectivity index (χ1v) is 9.34. The van der Waals surface area contributed by atoms with Crippen LogP contribution in [0.4, 0.5) is 0 Å². The number of pyridine rings is 1. The van der Waals surface area contributed by atoms with Crippen molar-refractivity contribution in [3.8, 4) is 11.1 Å². The fourth-order valence-electron chi connectivity index (χ4n) is 3.11. The maximum atomic E-state index is 12.4. The molecule has 2 aromatic heterocycles. The van der Waals surface area contributed by atoms with Gasteiger partial charge in [0.25, 0.3) is 0 Å². The van der Waals surface area contributed by atoms with Crippen molar-refractivity contribution in [2.24, 2.45) is 0 Å². The van der Waals surface area contributed by atoms with E-state index < -0.39 is 0 Å². The second-order valence-corrected chi connectivity index (χ2v) is 7.19. The van der Waals surface area contributed by atoms with Crippen molar-refractivity contribution in [1.82, 2.24) is 14.9 Å². The average Bonchev–Trinajstić information content (AvgIpc) is 3.12. The Morgan fingerprint density at radius 1 is 1.12 bits per heavy atom. The maximum absolute atomic E-state index is 12.4. The number of hydrogen-bond donors (Lipinski definition) is 1. The summed E-state index contributed by atoms with van der Waals surface area (Å²) in [6.45, 7) is 1.76. The van der Waals surface area contributed by atoms with E-state index in [4.69, 9.17) is 0 Å². The van der Waals surface area contributed by atoms with Crippen LogP contribution in [0.1, 0.15) is 5.56 Å². The van der Waals surface area contributed by atoms with Crippen LogP contribution in [0, 0.1) is 0 Å². The van der Waals surface area contributed by atoms with Gasteiger partial charge < -0.3 is 9.88 Å². The van der Waals surface area contributed by atoms with E-state index in [1.165, 1.54) is 0 Å².